The first-order chi connectivity index (χ1) is 7.66. The zero-order valence-corrected chi connectivity index (χ0v) is 9.97. The standard InChI is InChI=1S/C12H15F3O2/c1-11(2,3)16-8-9-5-4-6-10(7-9)17-12(13,14)15/h4-7H,8H2,1-3H3. The number of rotatable bonds is 3. The van der Waals surface area contributed by atoms with Gasteiger partial charge in [-0.25, -0.2) is 0 Å². The van der Waals surface area contributed by atoms with Crippen LogP contribution in [0.4, 0.5) is 13.2 Å². The molecule has 0 fully saturated rings. The third-order valence-corrected chi connectivity index (χ3v) is 1.80. The first-order valence-corrected chi connectivity index (χ1v) is 5.14. The van der Waals surface area contributed by atoms with Gasteiger partial charge in [0.05, 0.1) is 12.2 Å². The molecule has 96 valence electrons. The van der Waals surface area contributed by atoms with Gasteiger partial charge >= 0.3 is 6.36 Å². The molecule has 0 saturated carbocycles. The number of hydrogen-bond acceptors (Lipinski definition) is 2. The highest BCUT2D eigenvalue weighted by atomic mass is 19.4. The molecule has 0 aromatic heterocycles. The van der Waals surface area contributed by atoms with Crippen molar-refractivity contribution in [3.05, 3.63) is 29.8 Å². The van der Waals surface area contributed by atoms with Gasteiger partial charge in [-0.2, -0.15) is 0 Å². The zero-order chi connectivity index (χ0) is 13.1. The van der Waals surface area contributed by atoms with Gasteiger partial charge in [-0.1, -0.05) is 12.1 Å². The number of halogens is 3. The molecule has 17 heavy (non-hydrogen) atoms. The van der Waals surface area contributed by atoms with Gasteiger partial charge in [-0.05, 0) is 38.5 Å². The second-order valence-corrected chi connectivity index (χ2v) is 4.60. The third-order valence-electron chi connectivity index (χ3n) is 1.80. The summed E-state index contributed by atoms with van der Waals surface area (Å²) in [4.78, 5) is 0. The van der Waals surface area contributed by atoms with E-state index in [4.69, 9.17) is 4.74 Å². The van der Waals surface area contributed by atoms with E-state index < -0.39 is 6.36 Å². The summed E-state index contributed by atoms with van der Waals surface area (Å²) < 4.78 is 45.3. The van der Waals surface area contributed by atoms with Crippen LogP contribution in [0.5, 0.6) is 5.75 Å². The summed E-state index contributed by atoms with van der Waals surface area (Å²) in [7, 11) is 0. The van der Waals surface area contributed by atoms with Gasteiger partial charge in [-0.3, -0.25) is 0 Å². The van der Waals surface area contributed by atoms with E-state index in [0.29, 0.717) is 5.56 Å². The third kappa shape index (κ3) is 6.16. The Labute approximate surface area is 98.3 Å². The van der Waals surface area contributed by atoms with Crippen LogP contribution in [0.25, 0.3) is 0 Å². The Morgan fingerprint density at radius 3 is 2.29 bits per heavy atom. The lowest BCUT2D eigenvalue weighted by atomic mass is 10.2. The van der Waals surface area contributed by atoms with Gasteiger partial charge in [-0.15, -0.1) is 13.2 Å². The summed E-state index contributed by atoms with van der Waals surface area (Å²) in [6.45, 7) is 5.88. The van der Waals surface area contributed by atoms with Gasteiger partial charge in [0.1, 0.15) is 5.75 Å². The van der Waals surface area contributed by atoms with Crippen molar-refractivity contribution in [1.82, 2.24) is 0 Å². The minimum atomic E-state index is -4.66. The largest absolute Gasteiger partial charge is 0.573 e. The fourth-order valence-electron chi connectivity index (χ4n) is 1.13. The molecule has 0 radical (unpaired) electrons. The van der Waals surface area contributed by atoms with Gasteiger partial charge in [0, 0.05) is 0 Å². The highest BCUT2D eigenvalue weighted by Gasteiger charge is 2.31. The summed E-state index contributed by atoms with van der Waals surface area (Å²) in [6.07, 6.45) is -4.66. The van der Waals surface area contributed by atoms with Crippen LogP contribution < -0.4 is 4.74 Å². The van der Waals surface area contributed by atoms with Crippen molar-refractivity contribution in [3.8, 4) is 5.75 Å². The van der Waals surface area contributed by atoms with Crippen LogP contribution in [0.1, 0.15) is 26.3 Å². The van der Waals surface area contributed by atoms with Crippen LogP contribution in [-0.2, 0) is 11.3 Å². The van der Waals surface area contributed by atoms with E-state index >= 15 is 0 Å². The molecule has 0 bridgehead atoms. The molecule has 0 amide bonds. The van der Waals surface area contributed by atoms with Gasteiger partial charge in [0.25, 0.3) is 0 Å². The summed E-state index contributed by atoms with van der Waals surface area (Å²) in [5, 5.41) is 0. The highest BCUT2D eigenvalue weighted by molar-refractivity contribution is 5.28. The molecule has 0 aliphatic heterocycles. The average Bonchev–Trinajstić information content (AvgIpc) is 2.11. The van der Waals surface area contributed by atoms with E-state index in [1.807, 2.05) is 20.8 Å². The molecule has 0 saturated heterocycles. The highest BCUT2D eigenvalue weighted by Crippen LogP contribution is 2.24. The molecule has 2 nitrogen and oxygen atoms in total. The molecule has 1 aromatic carbocycles. The maximum Gasteiger partial charge on any atom is 0.573 e. The maximum atomic E-state index is 12.0. The Morgan fingerprint density at radius 1 is 1.12 bits per heavy atom. The van der Waals surface area contributed by atoms with Crippen molar-refractivity contribution >= 4 is 0 Å². The minimum Gasteiger partial charge on any atom is -0.406 e. The number of ether oxygens (including phenoxy) is 2. The van der Waals surface area contributed by atoms with Crippen LogP contribution >= 0.6 is 0 Å². The quantitative estimate of drug-likeness (QED) is 0.807. The molecule has 1 rings (SSSR count). The van der Waals surface area contributed by atoms with Crippen LogP contribution in [0, 0.1) is 0 Å². The maximum absolute atomic E-state index is 12.0. The number of hydrogen-bond donors (Lipinski definition) is 0. The Kier molecular flexibility index (Phi) is 4.03. The molecule has 0 aliphatic carbocycles. The van der Waals surface area contributed by atoms with Crippen molar-refractivity contribution in [2.45, 2.75) is 39.3 Å². The van der Waals surface area contributed by atoms with E-state index in [2.05, 4.69) is 4.74 Å². The predicted molar refractivity (Wildman–Crippen MR) is 57.7 cm³/mol. The molecular formula is C12H15F3O2. The Bertz CT molecular complexity index is 367. The molecule has 5 heteroatoms. The molecule has 1 aromatic rings. The molecule has 0 N–H and O–H groups in total. The van der Waals surface area contributed by atoms with E-state index in [0.717, 1.165) is 0 Å². The Hall–Kier alpha value is -1.23. The fourth-order valence-corrected chi connectivity index (χ4v) is 1.13. The van der Waals surface area contributed by atoms with Crippen LogP contribution in [-0.4, -0.2) is 12.0 Å². The summed E-state index contributed by atoms with van der Waals surface area (Å²) in [5.41, 5.74) is 0.308. The summed E-state index contributed by atoms with van der Waals surface area (Å²) >= 11 is 0. The normalized spacial score (nSPS) is 12.6. The first kappa shape index (κ1) is 13.8. The average molecular weight is 248 g/mol. The smallest absolute Gasteiger partial charge is 0.406 e. The van der Waals surface area contributed by atoms with E-state index in [1.165, 1.54) is 18.2 Å². The fraction of sp³-hybridized carbons (Fsp3) is 0.500. The molecule has 0 unspecified atom stereocenters. The second kappa shape index (κ2) is 4.96. The van der Waals surface area contributed by atoms with Crippen LogP contribution in [0.15, 0.2) is 24.3 Å². The van der Waals surface area contributed by atoms with Crippen molar-refractivity contribution in [1.29, 1.82) is 0 Å². The van der Waals surface area contributed by atoms with Gasteiger partial charge in [0.2, 0.25) is 0 Å². The lowest BCUT2D eigenvalue weighted by Crippen LogP contribution is -2.19. The summed E-state index contributed by atoms with van der Waals surface area (Å²) in [5.74, 6) is -0.229. The molecule has 0 spiro atoms. The monoisotopic (exact) mass is 248 g/mol. The Morgan fingerprint density at radius 2 is 1.76 bits per heavy atom. The SMILES string of the molecule is CC(C)(C)OCc1cccc(OC(F)(F)F)c1. The zero-order valence-electron chi connectivity index (χ0n) is 9.97. The molecule has 0 atom stereocenters. The van der Waals surface area contributed by atoms with E-state index in [9.17, 15) is 13.2 Å². The molecule has 0 heterocycles. The van der Waals surface area contributed by atoms with E-state index in [1.54, 1.807) is 6.07 Å². The van der Waals surface area contributed by atoms with Crippen molar-refractivity contribution in [2.24, 2.45) is 0 Å². The van der Waals surface area contributed by atoms with Crippen LogP contribution in [0.3, 0.4) is 0 Å². The van der Waals surface area contributed by atoms with Crippen molar-refractivity contribution < 1.29 is 22.6 Å². The number of alkyl halides is 3. The molecular weight excluding hydrogens is 233 g/mol. The van der Waals surface area contributed by atoms with E-state index in [-0.39, 0.29) is 18.0 Å². The first-order valence-electron chi connectivity index (χ1n) is 5.14. The van der Waals surface area contributed by atoms with Crippen molar-refractivity contribution in [2.75, 3.05) is 0 Å². The number of benzene rings is 1. The topological polar surface area (TPSA) is 18.5 Å². The van der Waals surface area contributed by atoms with Gasteiger partial charge in [0.15, 0.2) is 0 Å². The Balaban J connectivity index is 2.66. The summed E-state index contributed by atoms with van der Waals surface area (Å²) in [6, 6.07) is 5.77. The minimum absolute atomic E-state index is 0.229. The van der Waals surface area contributed by atoms with Gasteiger partial charge < -0.3 is 9.47 Å². The van der Waals surface area contributed by atoms with Crippen LogP contribution in [0.2, 0.25) is 0 Å². The predicted octanol–water partition coefficient (Wildman–Crippen LogP) is 3.90. The molecule has 0 aliphatic rings. The van der Waals surface area contributed by atoms with Crippen molar-refractivity contribution in [3.63, 3.8) is 0 Å². The second-order valence-electron chi connectivity index (χ2n) is 4.60. The lowest BCUT2D eigenvalue weighted by molar-refractivity contribution is -0.274. The lowest BCUT2D eigenvalue weighted by Gasteiger charge is -2.19.